The van der Waals surface area contributed by atoms with E-state index in [2.05, 4.69) is 23.8 Å². The zero-order chi connectivity index (χ0) is 23.2. The van der Waals surface area contributed by atoms with Crippen molar-refractivity contribution in [2.24, 2.45) is 5.92 Å². The molecule has 2 aliphatic heterocycles. The van der Waals surface area contributed by atoms with E-state index in [4.69, 9.17) is 24.5 Å². The van der Waals surface area contributed by atoms with Crippen molar-refractivity contribution in [3.63, 3.8) is 0 Å². The van der Waals surface area contributed by atoms with Gasteiger partial charge in [-0.2, -0.15) is 0 Å². The van der Waals surface area contributed by atoms with Crippen LogP contribution in [-0.4, -0.2) is 103 Å². The van der Waals surface area contributed by atoms with Crippen molar-refractivity contribution in [2.45, 2.75) is 25.8 Å². The fraction of sp³-hybridized carbons (Fsp3) is 0.591. The standard InChI is InChI=1S/C20H31N3O2.2CH2O2/c1-16-14-21(2)12-13-23(16)15-17-8-10-22(11-9-17)20(24)18-4-6-19(25-3)7-5-18;2*2-1-3/h4-7,16-17H,8-15H2,1-3H3;2*1H,(H,2,3). The van der Waals surface area contributed by atoms with Gasteiger partial charge in [-0.1, -0.05) is 0 Å². The molecule has 1 atom stereocenters. The molecule has 2 fully saturated rings. The molecule has 0 spiro atoms. The molecule has 1 aromatic carbocycles. The number of methoxy groups -OCH3 is 1. The Morgan fingerprint density at radius 1 is 1.06 bits per heavy atom. The van der Waals surface area contributed by atoms with Gasteiger partial charge in [-0.05, 0) is 57.0 Å². The highest BCUT2D eigenvalue weighted by molar-refractivity contribution is 5.94. The maximum absolute atomic E-state index is 12.7. The molecule has 0 radical (unpaired) electrons. The van der Waals surface area contributed by atoms with Crippen molar-refractivity contribution in [3.05, 3.63) is 29.8 Å². The van der Waals surface area contributed by atoms with Crippen LogP contribution in [0.3, 0.4) is 0 Å². The molecule has 0 bridgehead atoms. The van der Waals surface area contributed by atoms with Gasteiger partial charge in [0, 0.05) is 50.9 Å². The van der Waals surface area contributed by atoms with Gasteiger partial charge in [0.25, 0.3) is 18.9 Å². The number of carbonyl (C=O) groups excluding carboxylic acids is 1. The van der Waals surface area contributed by atoms with Gasteiger partial charge < -0.3 is 24.7 Å². The summed E-state index contributed by atoms with van der Waals surface area (Å²) in [5.41, 5.74) is 0.756. The van der Waals surface area contributed by atoms with Crippen LogP contribution < -0.4 is 4.74 Å². The molecule has 0 aliphatic carbocycles. The van der Waals surface area contributed by atoms with Gasteiger partial charge in [0.05, 0.1) is 7.11 Å². The zero-order valence-electron chi connectivity index (χ0n) is 18.6. The maximum atomic E-state index is 12.7. The van der Waals surface area contributed by atoms with Crippen LogP contribution >= 0.6 is 0 Å². The number of carboxylic acid groups (broad SMARTS) is 2. The van der Waals surface area contributed by atoms with E-state index < -0.39 is 0 Å². The van der Waals surface area contributed by atoms with Crippen LogP contribution in [-0.2, 0) is 9.59 Å². The third kappa shape index (κ3) is 8.94. The minimum Gasteiger partial charge on any atom is -0.497 e. The first-order chi connectivity index (χ1) is 14.9. The lowest BCUT2D eigenvalue weighted by molar-refractivity contribution is -0.123. The lowest BCUT2D eigenvalue weighted by atomic mass is 9.94. The molecule has 9 nitrogen and oxygen atoms in total. The molecule has 1 unspecified atom stereocenters. The van der Waals surface area contributed by atoms with Crippen molar-refractivity contribution < 1.29 is 29.3 Å². The SMILES string of the molecule is COc1ccc(C(=O)N2CCC(CN3CCN(C)CC3C)CC2)cc1.O=CO.O=CO. The quantitative estimate of drug-likeness (QED) is 0.683. The average molecular weight is 438 g/mol. The number of hydrogen-bond acceptors (Lipinski definition) is 6. The van der Waals surface area contributed by atoms with E-state index in [1.54, 1.807) is 7.11 Å². The van der Waals surface area contributed by atoms with Gasteiger partial charge in [0.1, 0.15) is 5.75 Å². The highest BCUT2D eigenvalue weighted by Gasteiger charge is 2.28. The summed E-state index contributed by atoms with van der Waals surface area (Å²) in [6, 6.07) is 8.07. The van der Waals surface area contributed by atoms with Crippen LogP contribution in [0, 0.1) is 5.92 Å². The summed E-state index contributed by atoms with van der Waals surface area (Å²) in [5, 5.41) is 13.8. The second-order valence-corrected chi connectivity index (χ2v) is 7.78. The molecule has 2 heterocycles. The zero-order valence-corrected chi connectivity index (χ0v) is 18.6. The number of benzene rings is 1. The fourth-order valence-electron chi connectivity index (χ4n) is 4.02. The molecule has 2 aliphatic rings. The van der Waals surface area contributed by atoms with Crippen LogP contribution in [0.1, 0.15) is 30.1 Å². The Labute approximate surface area is 184 Å². The Bertz CT molecular complexity index is 656. The molecule has 0 aromatic heterocycles. The van der Waals surface area contributed by atoms with Crippen molar-refractivity contribution >= 4 is 18.9 Å². The lowest BCUT2D eigenvalue weighted by Crippen LogP contribution is -2.52. The molecule has 0 saturated carbocycles. The Kier molecular flexibility index (Phi) is 12.2. The molecular weight excluding hydrogens is 402 g/mol. The molecule has 1 amide bonds. The van der Waals surface area contributed by atoms with Gasteiger partial charge in [-0.25, -0.2) is 0 Å². The molecule has 2 N–H and O–H groups in total. The summed E-state index contributed by atoms with van der Waals surface area (Å²) < 4.78 is 5.16. The van der Waals surface area contributed by atoms with Crippen molar-refractivity contribution in [2.75, 3.05) is 53.4 Å². The van der Waals surface area contributed by atoms with Crippen LogP contribution in [0.4, 0.5) is 0 Å². The molecule has 9 heteroatoms. The number of hydrogen-bond donors (Lipinski definition) is 2. The summed E-state index contributed by atoms with van der Waals surface area (Å²) >= 11 is 0. The van der Waals surface area contributed by atoms with Crippen LogP contribution in [0.5, 0.6) is 5.75 Å². The van der Waals surface area contributed by atoms with Gasteiger partial charge in [-0.15, -0.1) is 0 Å². The predicted octanol–water partition coefficient (Wildman–Crippen LogP) is 1.58. The number of piperidine rings is 1. The largest absolute Gasteiger partial charge is 0.497 e. The first-order valence-electron chi connectivity index (χ1n) is 10.4. The molecule has 174 valence electrons. The molecule has 3 rings (SSSR count). The van der Waals surface area contributed by atoms with Crippen molar-refractivity contribution in [1.82, 2.24) is 14.7 Å². The highest BCUT2D eigenvalue weighted by Crippen LogP contribution is 2.22. The van der Waals surface area contributed by atoms with E-state index in [1.165, 1.54) is 19.6 Å². The van der Waals surface area contributed by atoms with Gasteiger partial charge in [-0.3, -0.25) is 19.3 Å². The Morgan fingerprint density at radius 3 is 2.10 bits per heavy atom. The van der Waals surface area contributed by atoms with E-state index in [1.807, 2.05) is 29.2 Å². The number of ether oxygens (including phenoxy) is 1. The Balaban J connectivity index is 0.000000720. The first-order valence-corrected chi connectivity index (χ1v) is 10.4. The molecule has 1 aromatic rings. The van der Waals surface area contributed by atoms with E-state index in [-0.39, 0.29) is 18.9 Å². The number of nitrogens with zero attached hydrogens (tertiary/aromatic N) is 3. The Morgan fingerprint density at radius 2 is 1.61 bits per heavy atom. The highest BCUT2D eigenvalue weighted by atomic mass is 16.5. The number of carbonyl (C=O) groups is 3. The molecule has 2 saturated heterocycles. The number of rotatable bonds is 4. The van der Waals surface area contributed by atoms with Crippen LogP contribution in [0.15, 0.2) is 24.3 Å². The van der Waals surface area contributed by atoms with E-state index in [9.17, 15) is 4.79 Å². The Hall–Kier alpha value is -2.65. The topological polar surface area (TPSA) is 111 Å². The number of amides is 1. The summed E-state index contributed by atoms with van der Waals surface area (Å²) in [5.74, 6) is 1.65. The monoisotopic (exact) mass is 437 g/mol. The summed E-state index contributed by atoms with van der Waals surface area (Å²) in [7, 11) is 3.85. The van der Waals surface area contributed by atoms with Crippen LogP contribution in [0.25, 0.3) is 0 Å². The minimum atomic E-state index is -0.250. The van der Waals surface area contributed by atoms with Gasteiger partial charge >= 0.3 is 0 Å². The number of likely N-dealkylation sites (tertiary alicyclic amines) is 1. The number of likely N-dealkylation sites (N-methyl/N-ethyl adjacent to an activating group) is 1. The van der Waals surface area contributed by atoms with Crippen molar-refractivity contribution in [3.8, 4) is 5.75 Å². The molecule has 31 heavy (non-hydrogen) atoms. The predicted molar refractivity (Wildman–Crippen MR) is 118 cm³/mol. The first kappa shape index (κ1) is 26.4. The average Bonchev–Trinajstić information content (AvgIpc) is 2.77. The second-order valence-electron chi connectivity index (χ2n) is 7.78. The van der Waals surface area contributed by atoms with E-state index in [0.717, 1.165) is 43.8 Å². The maximum Gasteiger partial charge on any atom is 0.290 e. The van der Waals surface area contributed by atoms with Crippen molar-refractivity contribution in [1.29, 1.82) is 0 Å². The number of piperazine rings is 1. The third-order valence-electron chi connectivity index (χ3n) is 5.70. The normalized spacial score (nSPS) is 19.8. The van der Waals surface area contributed by atoms with Gasteiger partial charge in [0.2, 0.25) is 0 Å². The van der Waals surface area contributed by atoms with Crippen LogP contribution in [0.2, 0.25) is 0 Å². The summed E-state index contributed by atoms with van der Waals surface area (Å²) in [6.07, 6.45) is 2.22. The third-order valence-corrected chi connectivity index (χ3v) is 5.70. The van der Waals surface area contributed by atoms with E-state index >= 15 is 0 Å². The minimum absolute atomic E-state index is 0.147. The lowest BCUT2D eigenvalue weighted by Gasteiger charge is -2.41. The fourth-order valence-corrected chi connectivity index (χ4v) is 4.02. The van der Waals surface area contributed by atoms with Gasteiger partial charge in [0.15, 0.2) is 0 Å². The molecular formula is C22H35N3O6. The smallest absolute Gasteiger partial charge is 0.290 e. The summed E-state index contributed by atoms with van der Waals surface area (Å²) in [4.78, 5) is 36.4. The van der Waals surface area contributed by atoms with E-state index in [0.29, 0.717) is 12.0 Å². The second kappa shape index (κ2) is 14.4. The summed E-state index contributed by atoms with van der Waals surface area (Å²) in [6.45, 7) is 8.25.